The van der Waals surface area contributed by atoms with Crippen LogP contribution in [0.25, 0.3) is 0 Å². The highest BCUT2D eigenvalue weighted by atomic mass is 32.2. The molecule has 3 rings (SSSR count). The van der Waals surface area contributed by atoms with Gasteiger partial charge in [0.15, 0.2) is 4.21 Å². The summed E-state index contributed by atoms with van der Waals surface area (Å²) in [6.07, 6.45) is 4.04. The lowest BCUT2D eigenvalue weighted by atomic mass is 10.0. The summed E-state index contributed by atoms with van der Waals surface area (Å²) in [4.78, 5) is 4.18. The highest BCUT2D eigenvalue weighted by molar-refractivity contribution is 7.94. The van der Waals surface area contributed by atoms with Gasteiger partial charge in [0.05, 0.1) is 16.9 Å². The lowest BCUT2D eigenvalue weighted by Gasteiger charge is -2.30. The van der Waals surface area contributed by atoms with Crippen LogP contribution in [0.1, 0.15) is 29.5 Å². The van der Waals surface area contributed by atoms with Crippen LogP contribution in [0, 0.1) is 6.92 Å². The van der Waals surface area contributed by atoms with Gasteiger partial charge in [-0.25, -0.2) is 13.4 Å². The lowest BCUT2D eigenvalue weighted by Crippen LogP contribution is -2.35. The van der Waals surface area contributed by atoms with Crippen molar-refractivity contribution in [1.29, 1.82) is 0 Å². The third-order valence-corrected chi connectivity index (χ3v) is 7.09. The van der Waals surface area contributed by atoms with Crippen molar-refractivity contribution >= 4 is 27.0 Å². The molecule has 0 spiro atoms. The third kappa shape index (κ3) is 2.58. The molecule has 0 amide bonds. The van der Waals surface area contributed by atoms with Gasteiger partial charge >= 0.3 is 0 Å². The largest absolute Gasteiger partial charge is 0.275 e. The smallest absolute Gasteiger partial charge is 0.265 e. The fraction of sp³-hybridized carbons (Fsp3) is 0.400. The van der Waals surface area contributed by atoms with Crippen molar-refractivity contribution in [2.45, 2.75) is 37.3 Å². The zero-order valence-corrected chi connectivity index (χ0v) is 13.8. The Morgan fingerprint density at radius 2 is 2.19 bits per heavy atom. The van der Waals surface area contributed by atoms with E-state index in [4.69, 9.17) is 0 Å². The molecule has 0 unspecified atom stereocenters. The Morgan fingerprint density at radius 1 is 1.38 bits per heavy atom. The van der Waals surface area contributed by atoms with Crippen molar-refractivity contribution in [3.8, 4) is 0 Å². The molecule has 1 aromatic carbocycles. The van der Waals surface area contributed by atoms with Crippen LogP contribution < -0.4 is 4.31 Å². The number of anilines is 1. The monoisotopic (exact) mass is 322 g/mol. The summed E-state index contributed by atoms with van der Waals surface area (Å²) >= 11 is 1.27. The van der Waals surface area contributed by atoms with Crippen molar-refractivity contribution < 1.29 is 8.42 Å². The molecule has 2 aromatic rings. The van der Waals surface area contributed by atoms with Crippen molar-refractivity contribution in [2.24, 2.45) is 0 Å². The number of aromatic nitrogens is 1. The Morgan fingerprint density at radius 3 is 2.90 bits per heavy atom. The number of hydrogen-bond donors (Lipinski definition) is 0. The second-order valence-electron chi connectivity index (χ2n) is 5.24. The van der Waals surface area contributed by atoms with Crippen LogP contribution in [0.3, 0.4) is 0 Å². The van der Waals surface area contributed by atoms with Crippen molar-refractivity contribution in [1.82, 2.24) is 4.98 Å². The average Bonchev–Trinajstić information content (AvgIpc) is 2.96. The number of hydrogen-bond acceptors (Lipinski definition) is 4. The maximum Gasteiger partial charge on any atom is 0.275 e. The first-order chi connectivity index (χ1) is 10.0. The van der Waals surface area contributed by atoms with Crippen molar-refractivity contribution in [3.05, 3.63) is 40.5 Å². The highest BCUT2D eigenvalue weighted by Crippen LogP contribution is 2.34. The number of sulfonamides is 1. The van der Waals surface area contributed by atoms with Gasteiger partial charge in [0.2, 0.25) is 0 Å². The maximum absolute atomic E-state index is 12.9. The summed E-state index contributed by atoms with van der Waals surface area (Å²) in [5, 5.41) is 0.857. The second kappa shape index (κ2) is 5.42. The molecule has 0 aliphatic carbocycles. The van der Waals surface area contributed by atoms with E-state index in [0.29, 0.717) is 10.8 Å². The number of nitrogens with zero attached hydrogens (tertiary/aromatic N) is 2. The average molecular weight is 322 g/mol. The summed E-state index contributed by atoms with van der Waals surface area (Å²) in [5.74, 6) is 0. The van der Waals surface area contributed by atoms with E-state index in [1.165, 1.54) is 17.5 Å². The fourth-order valence-electron chi connectivity index (χ4n) is 2.59. The molecule has 2 heterocycles. The van der Waals surface area contributed by atoms with Crippen LogP contribution in [0.4, 0.5) is 5.69 Å². The van der Waals surface area contributed by atoms with E-state index in [0.717, 1.165) is 41.1 Å². The van der Waals surface area contributed by atoms with E-state index in [1.807, 2.05) is 32.0 Å². The molecule has 0 atom stereocenters. The third-order valence-electron chi connectivity index (χ3n) is 3.70. The first-order valence-corrected chi connectivity index (χ1v) is 9.35. The standard InChI is InChI=1S/C15H18N2O2S2/c1-3-14-16-10-15(20-14)21(18,19)17-8-4-5-12-7-6-11(2)9-13(12)17/h6-7,9-10H,3-5,8H2,1-2H3. The van der Waals surface area contributed by atoms with Gasteiger partial charge in [-0.15, -0.1) is 11.3 Å². The molecular formula is C15H18N2O2S2. The second-order valence-corrected chi connectivity index (χ2v) is 8.44. The first kappa shape index (κ1) is 14.5. The van der Waals surface area contributed by atoms with Gasteiger partial charge in [-0.3, -0.25) is 4.31 Å². The van der Waals surface area contributed by atoms with Crippen LogP contribution in [-0.4, -0.2) is 19.9 Å². The molecule has 1 aromatic heterocycles. The van der Waals surface area contributed by atoms with Crippen molar-refractivity contribution in [3.63, 3.8) is 0 Å². The van der Waals surface area contributed by atoms with E-state index in [2.05, 4.69) is 4.98 Å². The molecule has 1 aliphatic rings. The van der Waals surface area contributed by atoms with Gasteiger partial charge in [0, 0.05) is 6.54 Å². The minimum absolute atomic E-state index is 0.341. The maximum atomic E-state index is 12.9. The van der Waals surface area contributed by atoms with Crippen LogP contribution in [0.5, 0.6) is 0 Å². The number of thiazole rings is 1. The predicted molar refractivity (Wildman–Crippen MR) is 85.5 cm³/mol. The number of rotatable bonds is 3. The van der Waals surface area contributed by atoms with Gasteiger partial charge in [-0.2, -0.15) is 0 Å². The van der Waals surface area contributed by atoms with E-state index < -0.39 is 10.0 Å². The molecule has 0 saturated heterocycles. The highest BCUT2D eigenvalue weighted by Gasteiger charge is 2.30. The molecule has 0 fully saturated rings. The molecule has 0 N–H and O–H groups in total. The summed E-state index contributed by atoms with van der Waals surface area (Å²) in [5.41, 5.74) is 3.01. The minimum atomic E-state index is -3.49. The Kier molecular flexibility index (Phi) is 3.75. The molecule has 4 nitrogen and oxygen atoms in total. The molecule has 112 valence electrons. The SMILES string of the molecule is CCc1ncc(S(=O)(=O)N2CCCc3ccc(C)cc32)s1. The predicted octanol–water partition coefficient (Wildman–Crippen LogP) is 3.16. The number of aryl methyl sites for hydroxylation is 3. The molecule has 6 heteroatoms. The minimum Gasteiger partial charge on any atom is -0.265 e. The summed E-state index contributed by atoms with van der Waals surface area (Å²) in [6.45, 7) is 4.51. The Labute approximate surface area is 129 Å². The van der Waals surface area contributed by atoms with E-state index in [9.17, 15) is 8.42 Å². The van der Waals surface area contributed by atoms with Gasteiger partial charge in [0.1, 0.15) is 0 Å². The molecule has 0 saturated carbocycles. The molecule has 21 heavy (non-hydrogen) atoms. The summed E-state index contributed by atoms with van der Waals surface area (Å²) in [7, 11) is -3.49. The summed E-state index contributed by atoms with van der Waals surface area (Å²) in [6, 6.07) is 6.04. The topological polar surface area (TPSA) is 50.3 Å². The lowest BCUT2D eigenvalue weighted by molar-refractivity contribution is 0.588. The number of fused-ring (bicyclic) bond motifs is 1. The first-order valence-electron chi connectivity index (χ1n) is 7.09. The van der Waals surface area contributed by atoms with Gasteiger partial charge in [0.25, 0.3) is 10.0 Å². The van der Waals surface area contributed by atoms with Gasteiger partial charge in [-0.05, 0) is 43.4 Å². The molecule has 1 aliphatic heterocycles. The Bertz CT molecular complexity index is 766. The van der Waals surface area contributed by atoms with Crippen molar-refractivity contribution in [2.75, 3.05) is 10.8 Å². The van der Waals surface area contributed by atoms with Crippen LogP contribution in [0.2, 0.25) is 0 Å². The molecule has 0 bridgehead atoms. The molecule has 0 radical (unpaired) electrons. The molecular weight excluding hydrogens is 304 g/mol. The number of benzene rings is 1. The zero-order valence-electron chi connectivity index (χ0n) is 12.2. The summed E-state index contributed by atoms with van der Waals surface area (Å²) < 4.78 is 27.7. The Balaban J connectivity index is 2.07. The van der Waals surface area contributed by atoms with Crippen LogP contribution >= 0.6 is 11.3 Å². The van der Waals surface area contributed by atoms with Gasteiger partial charge < -0.3 is 0 Å². The van der Waals surface area contributed by atoms with Gasteiger partial charge in [-0.1, -0.05) is 19.1 Å². The zero-order chi connectivity index (χ0) is 15.0. The van der Waals surface area contributed by atoms with E-state index >= 15 is 0 Å². The fourth-order valence-corrected chi connectivity index (χ4v) is 5.35. The van der Waals surface area contributed by atoms with E-state index in [-0.39, 0.29) is 0 Å². The normalized spacial score (nSPS) is 15.0. The van der Waals surface area contributed by atoms with Crippen LogP contribution in [-0.2, 0) is 22.9 Å². The van der Waals surface area contributed by atoms with E-state index in [1.54, 1.807) is 4.31 Å². The van der Waals surface area contributed by atoms with Crippen LogP contribution in [0.15, 0.2) is 28.6 Å². The Hall–Kier alpha value is -1.40. The quantitative estimate of drug-likeness (QED) is 0.872.